The second-order valence-corrected chi connectivity index (χ2v) is 6.15. The Kier molecular flexibility index (Phi) is 7.00. The lowest BCUT2D eigenvalue weighted by molar-refractivity contribution is -0.120. The van der Waals surface area contributed by atoms with Gasteiger partial charge in [-0.2, -0.15) is 4.98 Å². The summed E-state index contributed by atoms with van der Waals surface area (Å²) in [6, 6.07) is 3.65. The maximum atomic E-state index is 12.2. The van der Waals surface area contributed by atoms with E-state index in [4.69, 9.17) is 18.7 Å². The van der Waals surface area contributed by atoms with Gasteiger partial charge in [0.15, 0.2) is 17.3 Å². The Hall–Kier alpha value is -2.81. The van der Waals surface area contributed by atoms with Gasteiger partial charge in [-0.05, 0) is 31.8 Å². The van der Waals surface area contributed by atoms with Gasteiger partial charge in [-0.1, -0.05) is 5.16 Å². The van der Waals surface area contributed by atoms with E-state index >= 15 is 0 Å². The summed E-state index contributed by atoms with van der Waals surface area (Å²) in [5, 5.41) is 6.64. The molecule has 1 aromatic heterocycles. The zero-order valence-electron chi connectivity index (χ0n) is 16.5. The Balaban J connectivity index is 2.15. The average Bonchev–Trinajstić information content (AvgIpc) is 3.05. The van der Waals surface area contributed by atoms with E-state index in [1.165, 1.54) is 0 Å². The maximum absolute atomic E-state index is 12.2. The quantitative estimate of drug-likeness (QED) is 0.698. The Morgan fingerprint density at radius 2 is 1.81 bits per heavy atom. The normalized spacial score (nSPS) is 12.0. The molecule has 0 radical (unpaired) electrons. The number of rotatable bonds is 9. The number of aryl methyl sites for hydroxylation is 1. The van der Waals surface area contributed by atoms with Crippen molar-refractivity contribution in [3.8, 4) is 17.2 Å². The van der Waals surface area contributed by atoms with Gasteiger partial charge in [0, 0.05) is 13.5 Å². The number of ether oxygens (including phenoxy) is 3. The van der Waals surface area contributed by atoms with Gasteiger partial charge in [0.2, 0.25) is 17.5 Å². The van der Waals surface area contributed by atoms with Crippen LogP contribution in [0.5, 0.6) is 17.2 Å². The molecule has 1 N–H and O–H groups in total. The molecule has 0 aliphatic rings. The highest BCUT2D eigenvalue weighted by Crippen LogP contribution is 2.40. The number of likely N-dealkylation sites (N-methyl/N-ethyl adjacent to an activating group) is 1. The third kappa shape index (κ3) is 5.10. The van der Waals surface area contributed by atoms with Crippen LogP contribution in [0.4, 0.5) is 0 Å². The van der Waals surface area contributed by atoms with Crippen molar-refractivity contribution in [1.82, 2.24) is 20.4 Å². The number of methoxy groups -OCH3 is 3. The zero-order chi connectivity index (χ0) is 20.0. The third-order valence-corrected chi connectivity index (χ3v) is 4.08. The second kappa shape index (κ2) is 9.22. The zero-order valence-corrected chi connectivity index (χ0v) is 16.5. The molecular formula is C18H26N4O5. The van der Waals surface area contributed by atoms with Gasteiger partial charge in [-0.25, -0.2) is 0 Å². The lowest BCUT2D eigenvalue weighted by atomic mass is 10.0. The number of nitrogens with zero attached hydrogens (tertiary/aromatic N) is 3. The molecule has 0 aliphatic heterocycles. The van der Waals surface area contributed by atoms with Crippen molar-refractivity contribution in [3.05, 3.63) is 29.4 Å². The van der Waals surface area contributed by atoms with Crippen molar-refractivity contribution in [2.45, 2.75) is 19.4 Å². The van der Waals surface area contributed by atoms with Crippen LogP contribution in [0.1, 0.15) is 23.3 Å². The first-order valence-electron chi connectivity index (χ1n) is 8.41. The number of benzene rings is 1. The lowest BCUT2D eigenvalue weighted by Gasteiger charge is -2.26. The van der Waals surface area contributed by atoms with Gasteiger partial charge in [-0.3, -0.25) is 4.79 Å². The predicted molar refractivity (Wildman–Crippen MR) is 98.3 cm³/mol. The number of nitrogens with one attached hydrogen (secondary N) is 1. The minimum atomic E-state index is -0.185. The highest BCUT2D eigenvalue weighted by atomic mass is 16.5. The smallest absolute Gasteiger partial charge is 0.227 e. The van der Waals surface area contributed by atoms with Crippen molar-refractivity contribution >= 4 is 5.91 Å². The standard InChI is InChI=1S/C18H26N4O5/c1-11-20-16(21-27-11)9-17(23)19-10-13(22(2)3)12-7-14(24-4)18(26-6)15(8-12)25-5/h7-8,13H,9-10H2,1-6H3,(H,19,23). The summed E-state index contributed by atoms with van der Waals surface area (Å²) in [5.41, 5.74) is 0.921. The Morgan fingerprint density at radius 1 is 1.19 bits per heavy atom. The van der Waals surface area contributed by atoms with Crippen molar-refractivity contribution in [2.75, 3.05) is 42.0 Å². The summed E-state index contributed by atoms with van der Waals surface area (Å²) in [6.07, 6.45) is 0.0622. The molecule has 2 aromatic rings. The van der Waals surface area contributed by atoms with Gasteiger partial charge in [0.25, 0.3) is 0 Å². The Labute approximate surface area is 158 Å². The summed E-state index contributed by atoms with van der Waals surface area (Å²) in [5.74, 6) is 2.26. The predicted octanol–water partition coefficient (Wildman–Crippen LogP) is 1.37. The first-order valence-corrected chi connectivity index (χ1v) is 8.41. The van der Waals surface area contributed by atoms with Crippen molar-refractivity contribution in [1.29, 1.82) is 0 Å². The fourth-order valence-electron chi connectivity index (χ4n) is 2.72. The molecule has 0 bridgehead atoms. The number of amides is 1. The summed E-state index contributed by atoms with van der Waals surface area (Å²) in [6.45, 7) is 2.07. The maximum Gasteiger partial charge on any atom is 0.227 e. The third-order valence-electron chi connectivity index (χ3n) is 4.08. The van der Waals surface area contributed by atoms with Crippen LogP contribution in [0, 0.1) is 6.92 Å². The van der Waals surface area contributed by atoms with E-state index in [1.807, 2.05) is 31.1 Å². The molecule has 27 heavy (non-hydrogen) atoms. The molecule has 0 saturated heterocycles. The van der Waals surface area contributed by atoms with Gasteiger partial charge in [-0.15, -0.1) is 0 Å². The molecule has 9 nitrogen and oxygen atoms in total. The van der Waals surface area contributed by atoms with E-state index in [9.17, 15) is 4.79 Å². The van der Waals surface area contributed by atoms with Gasteiger partial charge in [0.05, 0.1) is 33.8 Å². The number of carbonyl (C=O) groups is 1. The second-order valence-electron chi connectivity index (χ2n) is 6.15. The molecule has 2 rings (SSSR count). The van der Waals surface area contributed by atoms with E-state index in [2.05, 4.69) is 15.5 Å². The molecule has 1 aromatic carbocycles. The SMILES string of the molecule is COc1cc(C(CNC(=O)Cc2noc(C)n2)N(C)C)cc(OC)c1OC. The topological polar surface area (TPSA) is 99.0 Å². The largest absolute Gasteiger partial charge is 0.493 e. The van der Waals surface area contributed by atoms with Crippen LogP contribution in [-0.2, 0) is 11.2 Å². The first kappa shape index (κ1) is 20.5. The van der Waals surface area contributed by atoms with E-state index in [0.717, 1.165) is 5.56 Å². The molecule has 0 fully saturated rings. The van der Waals surface area contributed by atoms with Crippen LogP contribution in [-0.4, -0.2) is 62.9 Å². The van der Waals surface area contributed by atoms with Crippen LogP contribution in [0.25, 0.3) is 0 Å². The van der Waals surface area contributed by atoms with Crippen LogP contribution in [0.2, 0.25) is 0 Å². The monoisotopic (exact) mass is 378 g/mol. The molecule has 1 amide bonds. The van der Waals surface area contributed by atoms with Crippen LogP contribution >= 0.6 is 0 Å². The minimum Gasteiger partial charge on any atom is -0.493 e. The van der Waals surface area contributed by atoms with Crippen molar-refractivity contribution < 1.29 is 23.5 Å². The molecular weight excluding hydrogens is 352 g/mol. The summed E-state index contributed by atoms with van der Waals surface area (Å²) < 4.78 is 21.1. The van der Waals surface area contributed by atoms with E-state index < -0.39 is 0 Å². The summed E-state index contributed by atoms with van der Waals surface area (Å²) in [4.78, 5) is 18.2. The average molecular weight is 378 g/mol. The molecule has 1 heterocycles. The van der Waals surface area contributed by atoms with Gasteiger partial charge >= 0.3 is 0 Å². The summed E-state index contributed by atoms with van der Waals surface area (Å²) in [7, 11) is 8.56. The number of carbonyl (C=O) groups excluding carboxylic acids is 1. The molecule has 148 valence electrons. The van der Waals surface area contributed by atoms with E-state index in [0.29, 0.717) is 35.5 Å². The summed E-state index contributed by atoms with van der Waals surface area (Å²) >= 11 is 0. The molecule has 0 aliphatic carbocycles. The number of hydrogen-bond donors (Lipinski definition) is 1. The fraction of sp³-hybridized carbons (Fsp3) is 0.500. The van der Waals surface area contributed by atoms with Crippen molar-refractivity contribution in [2.24, 2.45) is 0 Å². The molecule has 9 heteroatoms. The Bertz CT molecular complexity index is 750. The van der Waals surface area contributed by atoms with E-state index in [1.54, 1.807) is 28.3 Å². The van der Waals surface area contributed by atoms with Crippen LogP contribution in [0.15, 0.2) is 16.7 Å². The Morgan fingerprint density at radius 3 is 2.26 bits per heavy atom. The first-order chi connectivity index (χ1) is 12.9. The van der Waals surface area contributed by atoms with Crippen LogP contribution < -0.4 is 19.5 Å². The number of hydrogen-bond acceptors (Lipinski definition) is 8. The van der Waals surface area contributed by atoms with Gasteiger partial charge in [0.1, 0.15) is 0 Å². The molecule has 1 atom stereocenters. The highest BCUT2D eigenvalue weighted by Gasteiger charge is 2.21. The lowest BCUT2D eigenvalue weighted by Crippen LogP contribution is -2.35. The van der Waals surface area contributed by atoms with Crippen LogP contribution in [0.3, 0.4) is 0 Å². The highest BCUT2D eigenvalue weighted by molar-refractivity contribution is 5.77. The van der Waals surface area contributed by atoms with Gasteiger partial charge < -0.3 is 29.0 Å². The molecule has 0 saturated carbocycles. The fourth-order valence-corrected chi connectivity index (χ4v) is 2.72. The number of aromatic nitrogens is 2. The minimum absolute atomic E-state index is 0.0622. The molecule has 0 spiro atoms. The molecule has 1 unspecified atom stereocenters. The van der Waals surface area contributed by atoms with E-state index in [-0.39, 0.29) is 18.4 Å². The van der Waals surface area contributed by atoms with Crippen molar-refractivity contribution in [3.63, 3.8) is 0 Å².